The number of carbonyl (C=O) groups excluding carboxylic acids is 1. The first-order chi connectivity index (χ1) is 7.15. The number of halogens is 1. The average molecular weight is 267 g/mol. The lowest BCUT2D eigenvalue weighted by molar-refractivity contribution is -0.125. The lowest BCUT2D eigenvalue weighted by atomic mass is 9.95. The lowest BCUT2D eigenvalue weighted by Crippen LogP contribution is -2.49. The minimum absolute atomic E-state index is 0. The second-order valence-electron chi connectivity index (χ2n) is 4.44. The molecule has 2 N–H and O–H groups in total. The highest BCUT2D eigenvalue weighted by Crippen LogP contribution is 2.12. The second-order valence-corrected chi connectivity index (χ2v) is 5.35. The van der Waals surface area contributed by atoms with E-state index in [2.05, 4.69) is 17.6 Å². The van der Waals surface area contributed by atoms with Gasteiger partial charge in [0, 0.05) is 17.7 Å². The molecule has 0 radical (unpaired) electrons. The van der Waals surface area contributed by atoms with E-state index in [1.54, 1.807) is 11.8 Å². The Bertz CT molecular complexity index is 216. The largest absolute Gasteiger partial charge is 0.353 e. The number of hydrogen-bond donors (Lipinski definition) is 2. The normalized spacial score (nSPS) is 26.7. The zero-order valence-electron chi connectivity index (χ0n) is 10.3. The van der Waals surface area contributed by atoms with Crippen LogP contribution in [0.15, 0.2) is 0 Å². The van der Waals surface area contributed by atoms with Gasteiger partial charge in [0.1, 0.15) is 0 Å². The summed E-state index contributed by atoms with van der Waals surface area (Å²) in [6, 6.07) is 0.364. The van der Waals surface area contributed by atoms with Crippen molar-refractivity contribution in [3.05, 3.63) is 0 Å². The lowest BCUT2D eigenvalue weighted by Gasteiger charge is -2.31. The first-order valence-electron chi connectivity index (χ1n) is 5.65. The van der Waals surface area contributed by atoms with Crippen molar-refractivity contribution in [2.75, 3.05) is 25.1 Å². The predicted molar refractivity (Wildman–Crippen MR) is 73.4 cm³/mol. The molecule has 0 saturated carbocycles. The Morgan fingerprint density at radius 3 is 2.88 bits per heavy atom. The number of piperidine rings is 1. The summed E-state index contributed by atoms with van der Waals surface area (Å²) in [6.07, 6.45) is 3.09. The summed E-state index contributed by atoms with van der Waals surface area (Å²) in [5, 5.41) is 6.50. The Hall–Kier alpha value is 0.0700. The monoisotopic (exact) mass is 266 g/mol. The molecular weight excluding hydrogens is 244 g/mol. The minimum Gasteiger partial charge on any atom is -0.353 e. The van der Waals surface area contributed by atoms with Crippen LogP contribution in [0.5, 0.6) is 0 Å². The van der Waals surface area contributed by atoms with Crippen LogP contribution in [0.1, 0.15) is 20.3 Å². The topological polar surface area (TPSA) is 41.1 Å². The van der Waals surface area contributed by atoms with Crippen molar-refractivity contribution >= 4 is 30.1 Å². The van der Waals surface area contributed by atoms with E-state index in [4.69, 9.17) is 0 Å². The van der Waals surface area contributed by atoms with Crippen molar-refractivity contribution in [2.24, 2.45) is 11.8 Å². The SMILES string of the molecule is CSCC(C)C(=O)NC1CCNCC1C.Cl. The summed E-state index contributed by atoms with van der Waals surface area (Å²) in [5.41, 5.74) is 0. The first kappa shape index (κ1) is 16.1. The fourth-order valence-corrected chi connectivity index (χ4v) is 2.53. The number of rotatable bonds is 4. The molecule has 96 valence electrons. The van der Waals surface area contributed by atoms with Crippen molar-refractivity contribution in [1.82, 2.24) is 10.6 Å². The van der Waals surface area contributed by atoms with E-state index in [0.717, 1.165) is 25.3 Å². The van der Waals surface area contributed by atoms with Gasteiger partial charge in [-0.15, -0.1) is 12.4 Å². The maximum Gasteiger partial charge on any atom is 0.223 e. The summed E-state index contributed by atoms with van der Waals surface area (Å²) in [6.45, 7) is 6.22. The van der Waals surface area contributed by atoms with Gasteiger partial charge >= 0.3 is 0 Å². The van der Waals surface area contributed by atoms with E-state index < -0.39 is 0 Å². The van der Waals surface area contributed by atoms with Crippen LogP contribution in [0.25, 0.3) is 0 Å². The van der Waals surface area contributed by atoms with E-state index in [-0.39, 0.29) is 24.2 Å². The fraction of sp³-hybridized carbons (Fsp3) is 0.909. The molecule has 0 bridgehead atoms. The molecule has 16 heavy (non-hydrogen) atoms. The van der Waals surface area contributed by atoms with E-state index >= 15 is 0 Å². The Morgan fingerprint density at radius 2 is 2.31 bits per heavy atom. The molecule has 1 heterocycles. The van der Waals surface area contributed by atoms with Gasteiger partial charge in [0.2, 0.25) is 5.91 Å². The van der Waals surface area contributed by atoms with Crippen molar-refractivity contribution < 1.29 is 4.79 Å². The van der Waals surface area contributed by atoms with Crippen LogP contribution < -0.4 is 10.6 Å². The molecule has 1 amide bonds. The van der Waals surface area contributed by atoms with Crippen LogP contribution in [-0.2, 0) is 4.79 Å². The molecule has 0 aromatic carbocycles. The zero-order valence-corrected chi connectivity index (χ0v) is 11.9. The molecule has 1 rings (SSSR count). The van der Waals surface area contributed by atoms with Crippen molar-refractivity contribution in [2.45, 2.75) is 26.3 Å². The average Bonchev–Trinajstić information content (AvgIpc) is 2.21. The number of nitrogens with one attached hydrogen (secondary N) is 2. The highest BCUT2D eigenvalue weighted by molar-refractivity contribution is 7.98. The molecule has 1 fully saturated rings. The van der Waals surface area contributed by atoms with E-state index in [9.17, 15) is 4.79 Å². The molecule has 1 aliphatic heterocycles. The molecule has 1 saturated heterocycles. The van der Waals surface area contributed by atoms with Gasteiger partial charge in [0.25, 0.3) is 0 Å². The van der Waals surface area contributed by atoms with E-state index in [0.29, 0.717) is 12.0 Å². The van der Waals surface area contributed by atoms with Crippen LogP contribution >= 0.6 is 24.2 Å². The highest BCUT2D eigenvalue weighted by atomic mass is 35.5. The van der Waals surface area contributed by atoms with Crippen LogP contribution in [0, 0.1) is 11.8 Å². The molecule has 0 aromatic rings. The standard InChI is InChI=1S/C11H22N2OS.ClH/c1-8-6-12-5-4-10(8)13-11(14)9(2)7-15-3;/h8-10,12H,4-7H2,1-3H3,(H,13,14);1H. The van der Waals surface area contributed by atoms with Gasteiger partial charge in [-0.3, -0.25) is 4.79 Å². The summed E-state index contributed by atoms with van der Waals surface area (Å²) >= 11 is 1.73. The first-order valence-corrected chi connectivity index (χ1v) is 7.04. The molecule has 3 unspecified atom stereocenters. The molecular formula is C11H23ClN2OS. The molecule has 3 nitrogen and oxygen atoms in total. The van der Waals surface area contributed by atoms with Crippen molar-refractivity contribution in [1.29, 1.82) is 0 Å². The van der Waals surface area contributed by atoms with Gasteiger partial charge in [-0.2, -0.15) is 11.8 Å². The molecule has 0 spiro atoms. The Kier molecular flexibility index (Phi) is 8.24. The molecule has 0 aliphatic carbocycles. The van der Waals surface area contributed by atoms with Crippen LogP contribution in [0.3, 0.4) is 0 Å². The quantitative estimate of drug-likeness (QED) is 0.811. The van der Waals surface area contributed by atoms with E-state index in [1.807, 2.05) is 13.2 Å². The molecule has 0 aromatic heterocycles. The van der Waals surface area contributed by atoms with Crippen LogP contribution in [0.4, 0.5) is 0 Å². The van der Waals surface area contributed by atoms with Gasteiger partial charge in [0.05, 0.1) is 0 Å². The smallest absolute Gasteiger partial charge is 0.223 e. The summed E-state index contributed by atoms with van der Waals surface area (Å²) in [5.74, 6) is 1.79. The maximum atomic E-state index is 11.8. The van der Waals surface area contributed by atoms with E-state index in [1.165, 1.54) is 0 Å². The van der Waals surface area contributed by atoms with Gasteiger partial charge in [-0.05, 0) is 31.7 Å². The fourth-order valence-electron chi connectivity index (χ4n) is 1.88. The van der Waals surface area contributed by atoms with Gasteiger partial charge in [-0.25, -0.2) is 0 Å². The third-order valence-corrected chi connectivity index (χ3v) is 3.81. The third kappa shape index (κ3) is 4.93. The van der Waals surface area contributed by atoms with Crippen LogP contribution in [0.2, 0.25) is 0 Å². The third-order valence-electron chi connectivity index (χ3n) is 2.98. The summed E-state index contributed by atoms with van der Waals surface area (Å²) in [4.78, 5) is 11.8. The number of hydrogen-bond acceptors (Lipinski definition) is 3. The maximum absolute atomic E-state index is 11.8. The number of thioether (sulfide) groups is 1. The second kappa shape index (κ2) is 8.20. The summed E-state index contributed by atoms with van der Waals surface area (Å²) < 4.78 is 0. The predicted octanol–water partition coefficient (Wildman–Crippen LogP) is 1.52. The molecule has 5 heteroatoms. The number of carbonyl (C=O) groups is 1. The van der Waals surface area contributed by atoms with Gasteiger partial charge in [0.15, 0.2) is 0 Å². The summed E-state index contributed by atoms with van der Waals surface area (Å²) in [7, 11) is 0. The van der Waals surface area contributed by atoms with Crippen molar-refractivity contribution in [3.63, 3.8) is 0 Å². The zero-order chi connectivity index (χ0) is 11.3. The molecule has 3 atom stereocenters. The highest BCUT2D eigenvalue weighted by Gasteiger charge is 2.24. The number of amides is 1. The minimum atomic E-state index is 0. The Balaban J connectivity index is 0.00000225. The Labute approximate surface area is 109 Å². The van der Waals surface area contributed by atoms with Gasteiger partial charge < -0.3 is 10.6 Å². The molecule has 1 aliphatic rings. The van der Waals surface area contributed by atoms with Crippen LogP contribution in [-0.4, -0.2) is 37.0 Å². The van der Waals surface area contributed by atoms with Crippen molar-refractivity contribution in [3.8, 4) is 0 Å². The Morgan fingerprint density at radius 1 is 1.62 bits per heavy atom. The van der Waals surface area contributed by atoms with Gasteiger partial charge in [-0.1, -0.05) is 13.8 Å².